The summed E-state index contributed by atoms with van der Waals surface area (Å²) in [6.45, 7) is 0. The third-order valence-corrected chi connectivity index (χ3v) is 11.3. The smallest absolute Gasteiger partial charge is 0.870 e. The molecule has 5 aromatic carbocycles. The molecule has 0 aromatic heterocycles. The number of anilines is 5. The van der Waals surface area contributed by atoms with Gasteiger partial charge < -0.3 is 39.8 Å². The van der Waals surface area contributed by atoms with Gasteiger partial charge in [-0.3, -0.25) is 0 Å². The molecule has 0 amide bonds. The minimum Gasteiger partial charge on any atom is -0.870 e. The van der Waals surface area contributed by atoms with Crippen molar-refractivity contribution in [3.63, 3.8) is 0 Å². The normalized spacial score (nSPS) is 13.2. The molecule has 2 N–H and O–H groups in total. The summed E-state index contributed by atoms with van der Waals surface area (Å²) in [7, 11) is 23.8. The number of benzene rings is 5. The monoisotopic (exact) mass is 849 g/mol. The maximum Gasteiger partial charge on any atom is 1.00 e. The molecule has 11 nitrogen and oxygen atoms in total. The molecule has 0 saturated heterocycles. The molecule has 5 aromatic rings. The minimum absolute atomic E-state index is 0. The lowest BCUT2D eigenvalue weighted by Crippen LogP contribution is -2.29. The Kier molecular flexibility index (Phi) is 14.4. The summed E-state index contributed by atoms with van der Waals surface area (Å²) in [5, 5.41) is 10.0. The van der Waals surface area contributed by atoms with Gasteiger partial charge in [-0.2, -0.15) is 0 Å². The third-order valence-electron chi connectivity index (χ3n) is 11.3. The van der Waals surface area contributed by atoms with Crippen LogP contribution in [0.2, 0.25) is 0 Å². The van der Waals surface area contributed by atoms with Gasteiger partial charge in [-0.05, 0) is 95.1 Å². The first-order chi connectivity index (χ1) is 29.4. The van der Waals surface area contributed by atoms with E-state index in [1.54, 1.807) is 6.07 Å². The molecule has 0 unspecified atom stereocenters. The average Bonchev–Trinajstić information content (AvgIpc) is 3.56. The molecular weight excluding hydrogens is 789 g/mol. The number of hydrogen-bond donors (Lipinski definition) is 1. The zero-order chi connectivity index (χ0) is 45.0. The molecule has 0 bridgehead atoms. The second-order valence-corrected chi connectivity index (χ2v) is 16.8. The maximum atomic E-state index is 13.1. The van der Waals surface area contributed by atoms with Crippen LogP contribution >= 0.6 is 0 Å². The fourth-order valence-electron chi connectivity index (χ4n) is 7.65. The number of ether oxygens (including phenoxy) is 1. The van der Waals surface area contributed by atoms with Gasteiger partial charge in [0.1, 0.15) is 14.1 Å². The second kappa shape index (κ2) is 19.3. The average molecular weight is 850 g/mol. The lowest BCUT2D eigenvalue weighted by atomic mass is 9.79. The molecule has 1 heterocycles. The van der Waals surface area contributed by atoms with Crippen LogP contribution in [0.4, 0.5) is 28.4 Å². The van der Waals surface area contributed by atoms with Crippen molar-refractivity contribution in [2.75, 3.05) is 109 Å². The van der Waals surface area contributed by atoms with E-state index < -0.39 is 11.6 Å². The predicted molar refractivity (Wildman–Crippen MR) is 261 cm³/mol. The Bertz CT molecular complexity index is 2520. The number of rotatable bonds is 10. The van der Waals surface area contributed by atoms with Crippen molar-refractivity contribution < 1.29 is 30.9 Å². The topological polar surface area (TPSA) is 113 Å². The second-order valence-electron chi connectivity index (χ2n) is 16.8. The van der Waals surface area contributed by atoms with Crippen molar-refractivity contribution in [1.82, 2.24) is 0 Å². The Hall–Kier alpha value is -7.11. The molecule has 2 aliphatic rings. The van der Waals surface area contributed by atoms with Crippen LogP contribution in [0.25, 0.3) is 5.57 Å². The van der Waals surface area contributed by atoms with Crippen LogP contribution in [0.15, 0.2) is 139 Å². The molecule has 1 aliphatic carbocycles. The van der Waals surface area contributed by atoms with Gasteiger partial charge in [0.05, 0.1) is 11.1 Å². The third kappa shape index (κ3) is 9.69. The van der Waals surface area contributed by atoms with Crippen molar-refractivity contribution in [2.24, 2.45) is 0 Å². The van der Waals surface area contributed by atoms with Gasteiger partial charge in [-0.15, -0.1) is 0 Å². The summed E-state index contributed by atoms with van der Waals surface area (Å²) in [4.78, 5) is 35.4. The Balaban J connectivity index is 0.000000272. The van der Waals surface area contributed by atoms with Crippen LogP contribution in [0.5, 0.6) is 0 Å². The summed E-state index contributed by atoms with van der Waals surface area (Å²) in [5.74, 6) is -1.24. The summed E-state index contributed by atoms with van der Waals surface area (Å²) >= 11 is 0. The van der Waals surface area contributed by atoms with Crippen molar-refractivity contribution in [2.45, 2.75) is 5.60 Å². The highest BCUT2D eigenvalue weighted by Gasteiger charge is 2.48. The maximum absolute atomic E-state index is 13.1. The van der Waals surface area contributed by atoms with Gasteiger partial charge >= 0.3 is 13.4 Å². The fraction of sp³-hybridized carbons (Fsp3) is 0.250. The first-order valence-electron chi connectivity index (χ1n) is 20.5. The molecule has 7 rings (SSSR count). The first kappa shape index (κ1) is 46.9. The van der Waals surface area contributed by atoms with Crippen LogP contribution in [0.3, 0.4) is 0 Å². The molecular formula is C52H61N6O5+. The number of esters is 1. The first-order valence-corrected chi connectivity index (χ1v) is 20.5. The molecule has 1 aliphatic heterocycles. The fourth-order valence-corrected chi connectivity index (χ4v) is 7.65. The van der Waals surface area contributed by atoms with Gasteiger partial charge in [0.25, 0.3) is 0 Å². The standard InChI is InChI=1S/2C26H29N3O2.H2O/c1-27(2)20-11-7-18(8-12-20)26(19-9-13-21(14-10-19)28(3)4)24-16-15-22(29(5)6)17-23(24)25(30)31-26;1-27(2)20-11-7-18(8-12-20)25(19-9-13-21(14-10-19)28(3)4)23-16-15-22(29(5)6)17-24(23)26(30)31;/h2*7-17H,1-6H3;1H2/p+1. The molecule has 0 spiro atoms. The van der Waals surface area contributed by atoms with Crippen LogP contribution in [-0.4, -0.2) is 117 Å². The van der Waals surface area contributed by atoms with Crippen LogP contribution in [0, 0.1) is 0 Å². The molecule has 63 heavy (non-hydrogen) atoms. The molecule has 0 fully saturated rings. The van der Waals surface area contributed by atoms with E-state index in [0.29, 0.717) is 11.1 Å². The quantitative estimate of drug-likeness (QED) is 0.109. The number of cyclic esters (lactones) is 1. The highest BCUT2D eigenvalue weighted by Crippen LogP contribution is 2.48. The van der Waals surface area contributed by atoms with Gasteiger partial charge in [0.15, 0.2) is 11.3 Å². The van der Waals surface area contributed by atoms with E-state index in [1.807, 2.05) is 134 Å². The largest absolute Gasteiger partial charge is 1.00 e. The van der Waals surface area contributed by atoms with E-state index in [2.05, 4.69) is 107 Å². The van der Waals surface area contributed by atoms with E-state index in [1.165, 1.54) is 0 Å². The van der Waals surface area contributed by atoms with E-state index >= 15 is 0 Å². The van der Waals surface area contributed by atoms with Crippen molar-refractivity contribution in [3.05, 3.63) is 178 Å². The molecule has 0 radical (unpaired) electrons. The van der Waals surface area contributed by atoms with E-state index in [0.717, 1.165) is 67.5 Å². The molecule has 11 heteroatoms. The van der Waals surface area contributed by atoms with Gasteiger partial charge in [0, 0.05) is 128 Å². The predicted octanol–water partition coefficient (Wildman–Crippen LogP) is 8.44. The number of carbonyl (C=O) groups is 2. The number of carboxylic acid groups (broad SMARTS) is 1. The van der Waals surface area contributed by atoms with Crippen molar-refractivity contribution in [3.8, 4) is 0 Å². The number of hydrogen-bond acceptors (Lipinski definition) is 9. The summed E-state index contributed by atoms with van der Waals surface area (Å²) in [6, 6.07) is 36.3. The van der Waals surface area contributed by atoms with Crippen LogP contribution in [0.1, 0.15) is 50.0 Å². The number of aromatic carboxylic acids is 1. The van der Waals surface area contributed by atoms with E-state index in [4.69, 9.17) is 4.74 Å². The Morgan fingerprint density at radius 1 is 0.556 bits per heavy atom. The van der Waals surface area contributed by atoms with Gasteiger partial charge in [0.2, 0.25) is 0 Å². The Morgan fingerprint density at radius 2 is 0.968 bits per heavy atom. The zero-order valence-corrected chi connectivity index (χ0v) is 38.5. The molecule has 0 atom stereocenters. The van der Waals surface area contributed by atoms with Crippen molar-refractivity contribution in [1.29, 1.82) is 0 Å². The zero-order valence-electron chi connectivity index (χ0n) is 39.5. The Morgan fingerprint density at radius 3 is 1.40 bits per heavy atom. The van der Waals surface area contributed by atoms with Crippen LogP contribution < -0.4 is 24.5 Å². The highest BCUT2D eigenvalue weighted by molar-refractivity contribution is 6.05. The van der Waals surface area contributed by atoms with Gasteiger partial charge in [-0.1, -0.05) is 48.5 Å². The summed E-state index contributed by atoms with van der Waals surface area (Å²) < 4.78 is 8.29. The highest BCUT2D eigenvalue weighted by atomic mass is 16.6. The Labute approximate surface area is 374 Å². The van der Waals surface area contributed by atoms with Crippen molar-refractivity contribution >= 4 is 51.7 Å². The number of nitrogens with zero attached hydrogens (tertiary/aromatic N) is 6. The molecule has 328 valence electrons. The van der Waals surface area contributed by atoms with Crippen LogP contribution in [-0.2, 0) is 10.3 Å². The number of carboxylic acids is 1. The summed E-state index contributed by atoms with van der Waals surface area (Å²) in [5.41, 5.74) is 12.4. The number of carbonyl (C=O) groups excluding carboxylic acids is 1. The van der Waals surface area contributed by atoms with E-state index in [-0.39, 0.29) is 18.4 Å². The lowest BCUT2D eigenvalue weighted by Gasteiger charge is -2.31. The minimum atomic E-state index is -0.979. The number of fused-ring (bicyclic) bond motifs is 1. The van der Waals surface area contributed by atoms with E-state index in [9.17, 15) is 14.7 Å². The molecule has 0 saturated carbocycles. The lowest BCUT2D eigenvalue weighted by molar-refractivity contribution is -0.462. The SMILES string of the molecule is CN(C)c1ccc(C(=C2C=CC(=[N+](C)C)C=C2)c2ccc(N(C)C)cc2C(=O)O)cc1.CN(C)c1ccc(C2(c3ccc(N(C)C)cc3)OC(=O)c3cc(N(C)C)ccc32)cc1.[H+].[OH-]. The number of allylic oxidation sites excluding steroid dienone is 5. The van der Waals surface area contributed by atoms with Gasteiger partial charge in [-0.25, -0.2) is 14.2 Å². The summed E-state index contributed by atoms with van der Waals surface area (Å²) in [6.07, 6.45) is 8.21.